The molecule has 28 heavy (non-hydrogen) atoms. The number of ether oxygens (including phenoxy) is 1. The van der Waals surface area contributed by atoms with Gasteiger partial charge in [0.2, 0.25) is 5.91 Å². The van der Waals surface area contributed by atoms with Crippen molar-refractivity contribution in [3.05, 3.63) is 54.2 Å². The van der Waals surface area contributed by atoms with Crippen molar-refractivity contribution in [2.45, 2.75) is 19.5 Å². The van der Waals surface area contributed by atoms with Crippen molar-refractivity contribution < 1.29 is 18.7 Å². The molecule has 2 aromatic heterocycles. The number of rotatable bonds is 5. The van der Waals surface area contributed by atoms with E-state index in [1.54, 1.807) is 17.0 Å². The van der Waals surface area contributed by atoms with Crippen LogP contribution in [0.1, 0.15) is 29.3 Å². The van der Waals surface area contributed by atoms with E-state index in [9.17, 15) is 9.59 Å². The molecule has 3 aromatic rings. The molecule has 1 aliphatic heterocycles. The van der Waals surface area contributed by atoms with Crippen LogP contribution in [0.5, 0.6) is 0 Å². The molecule has 3 heterocycles. The van der Waals surface area contributed by atoms with Gasteiger partial charge >= 0.3 is 0 Å². The zero-order chi connectivity index (χ0) is 19.5. The first-order chi connectivity index (χ1) is 13.6. The topological polar surface area (TPSA) is 89.6 Å². The monoisotopic (exact) mass is 382 g/mol. The molecule has 146 valence electrons. The Bertz CT molecular complexity index is 973. The molecular formula is C20H22N4O4. The molecule has 0 saturated carbocycles. The fraction of sp³-hybridized carbons (Fsp3) is 0.350. The van der Waals surface area contributed by atoms with Gasteiger partial charge in [-0.05, 0) is 31.2 Å². The van der Waals surface area contributed by atoms with E-state index in [2.05, 4.69) is 10.3 Å². The second kappa shape index (κ2) is 7.85. The molecule has 0 radical (unpaired) electrons. The van der Waals surface area contributed by atoms with E-state index in [1.165, 1.54) is 6.26 Å². The third-order valence-electron chi connectivity index (χ3n) is 4.82. The number of para-hydroxylation sites is 2. The second-order valence-electron chi connectivity index (χ2n) is 6.71. The maximum absolute atomic E-state index is 12.8. The lowest BCUT2D eigenvalue weighted by Crippen LogP contribution is -2.42. The minimum absolute atomic E-state index is 0.0114. The quantitative estimate of drug-likeness (QED) is 0.729. The Morgan fingerprint density at radius 3 is 2.71 bits per heavy atom. The average Bonchev–Trinajstić information content (AvgIpc) is 3.37. The predicted octanol–water partition coefficient (Wildman–Crippen LogP) is 1.98. The number of amides is 2. The number of nitrogens with one attached hydrogen (secondary N) is 1. The van der Waals surface area contributed by atoms with Crippen LogP contribution < -0.4 is 5.32 Å². The van der Waals surface area contributed by atoms with Gasteiger partial charge in [-0.2, -0.15) is 0 Å². The molecule has 0 bridgehead atoms. The lowest BCUT2D eigenvalue weighted by Gasteiger charge is -2.27. The summed E-state index contributed by atoms with van der Waals surface area (Å²) in [5.41, 5.74) is 1.64. The molecule has 4 rings (SSSR count). The Kier molecular flexibility index (Phi) is 5.12. The minimum atomic E-state index is -0.400. The Balaban J connectivity index is 1.61. The summed E-state index contributed by atoms with van der Waals surface area (Å²) in [6.45, 7) is 4.30. The van der Waals surface area contributed by atoms with Gasteiger partial charge in [-0.25, -0.2) is 4.98 Å². The van der Waals surface area contributed by atoms with Crippen molar-refractivity contribution in [3.63, 3.8) is 0 Å². The Morgan fingerprint density at radius 1 is 1.18 bits per heavy atom. The van der Waals surface area contributed by atoms with Gasteiger partial charge in [-0.3, -0.25) is 9.59 Å². The van der Waals surface area contributed by atoms with E-state index in [0.717, 1.165) is 11.0 Å². The zero-order valence-corrected chi connectivity index (χ0v) is 15.6. The fourth-order valence-electron chi connectivity index (χ4n) is 3.38. The summed E-state index contributed by atoms with van der Waals surface area (Å²) in [6, 6.07) is 10.5. The van der Waals surface area contributed by atoms with Crippen LogP contribution in [0.15, 0.2) is 47.1 Å². The van der Waals surface area contributed by atoms with Crippen molar-refractivity contribution in [2.75, 3.05) is 26.3 Å². The summed E-state index contributed by atoms with van der Waals surface area (Å²) in [5, 5.41) is 2.89. The Hall–Kier alpha value is -3.13. The SMILES string of the molecule is CC(NC(=O)c1ccco1)c1nc2ccccc2n1CC(=O)N1CCOCC1. The summed E-state index contributed by atoms with van der Waals surface area (Å²) >= 11 is 0. The Morgan fingerprint density at radius 2 is 1.96 bits per heavy atom. The maximum Gasteiger partial charge on any atom is 0.287 e. The lowest BCUT2D eigenvalue weighted by molar-refractivity contribution is -0.135. The maximum atomic E-state index is 12.8. The number of hydrogen-bond acceptors (Lipinski definition) is 5. The second-order valence-corrected chi connectivity index (χ2v) is 6.71. The van der Waals surface area contributed by atoms with E-state index in [1.807, 2.05) is 35.8 Å². The first kappa shape index (κ1) is 18.2. The van der Waals surface area contributed by atoms with E-state index >= 15 is 0 Å². The molecule has 1 aromatic carbocycles. The molecule has 2 amide bonds. The molecule has 1 saturated heterocycles. The van der Waals surface area contributed by atoms with Gasteiger partial charge < -0.3 is 23.9 Å². The molecule has 8 heteroatoms. The number of imidazole rings is 1. The van der Waals surface area contributed by atoms with Gasteiger partial charge in [0.25, 0.3) is 5.91 Å². The summed E-state index contributed by atoms with van der Waals surface area (Å²) in [5.74, 6) is 0.550. The molecule has 0 spiro atoms. The molecule has 0 aliphatic carbocycles. The van der Waals surface area contributed by atoms with Crippen molar-refractivity contribution in [2.24, 2.45) is 0 Å². The van der Waals surface area contributed by atoms with Crippen LogP contribution in [0.4, 0.5) is 0 Å². The minimum Gasteiger partial charge on any atom is -0.459 e. The van der Waals surface area contributed by atoms with Gasteiger partial charge in [0.1, 0.15) is 12.4 Å². The standard InChI is InChI=1S/C20H22N4O4/c1-14(21-20(26)17-7-4-10-28-17)19-22-15-5-2-3-6-16(15)24(19)13-18(25)23-8-11-27-12-9-23/h2-7,10,14H,8-9,11-13H2,1H3,(H,21,26). The van der Waals surface area contributed by atoms with E-state index < -0.39 is 6.04 Å². The van der Waals surface area contributed by atoms with Crippen molar-refractivity contribution in [1.29, 1.82) is 0 Å². The molecule has 1 atom stereocenters. The van der Waals surface area contributed by atoms with Crippen molar-refractivity contribution in [3.8, 4) is 0 Å². The van der Waals surface area contributed by atoms with E-state index in [-0.39, 0.29) is 24.1 Å². The predicted molar refractivity (Wildman–Crippen MR) is 102 cm³/mol. The summed E-state index contributed by atoms with van der Waals surface area (Å²) < 4.78 is 12.4. The van der Waals surface area contributed by atoms with Gasteiger partial charge in [-0.15, -0.1) is 0 Å². The van der Waals surface area contributed by atoms with Crippen molar-refractivity contribution in [1.82, 2.24) is 19.8 Å². The van der Waals surface area contributed by atoms with Crippen LogP contribution in [0.2, 0.25) is 0 Å². The number of furan rings is 1. The molecule has 1 fully saturated rings. The van der Waals surface area contributed by atoms with Crippen LogP contribution in [-0.4, -0.2) is 52.6 Å². The van der Waals surface area contributed by atoms with Gasteiger partial charge in [0.15, 0.2) is 5.76 Å². The molecule has 1 unspecified atom stereocenters. The molecular weight excluding hydrogens is 360 g/mol. The summed E-state index contributed by atoms with van der Waals surface area (Å²) in [4.78, 5) is 31.6. The number of carbonyl (C=O) groups is 2. The highest BCUT2D eigenvalue weighted by atomic mass is 16.5. The number of fused-ring (bicyclic) bond motifs is 1. The first-order valence-electron chi connectivity index (χ1n) is 9.28. The van der Waals surface area contributed by atoms with Gasteiger partial charge in [-0.1, -0.05) is 12.1 Å². The zero-order valence-electron chi connectivity index (χ0n) is 15.6. The summed E-state index contributed by atoms with van der Waals surface area (Å²) in [6.07, 6.45) is 1.45. The smallest absolute Gasteiger partial charge is 0.287 e. The van der Waals surface area contributed by atoms with Crippen LogP contribution in [0.3, 0.4) is 0 Å². The number of carbonyl (C=O) groups excluding carboxylic acids is 2. The third kappa shape index (κ3) is 3.63. The third-order valence-corrected chi connectivity index (χ3v) is 4.82. The van der Waals surface area contributed by atoms with Gasteiger partial charge in [0, 0.05) is 13.1 Å². The Labute approximate surface area is 162 Å². The number of hydrogen-bond donors (Lipinski definition) is 1. The van der Waals surface area contributed by atoms with Crippen LogP contribution in [0.25, 0.3) is 11.0 Å². The van der Waals surface area contributed by atoms with Crippen LogP contribution in [0, 0.1) is 0 Å². The fourth-order valence-corrected chi connectivity index (χ4v) is 3.38. The van der Waals surface area contributed by atoms with E-state index in [0.29, 0.717) is 32.1 Å². The normalized spacial score (nSPS) is 15.5. The van der Waals surface area contributed by atoms with E-state index in [4.69, 9.17) is 9.15 Å². The summed E-state index contributed by atoms with van der Waals surface area (Å²) in [7, 11) is 0. The average molecular weight is 382 g/mol. The highest BCUT2D eigenvalue weighted by Gasteiger charge is 2.23. The number of aromatic nitrogens is 2. The number of morpholine rings is 1. The number of benzene rings is 1. The van der Waals surface area contributed by atoms with Crippen molar-refractivity contribution >= 4 is 22.8 Å². The van der Waals surface area contributed by atoms with Crippen LogP contribution in [-0.2, 0) is 16.1 Å². The number of nitrogens with zero attached hydrogens (tertiary/aromatic N) is 3. The first-order valence-corrected chi connectivity index (χ1v) is 9.28. The lowest BCUT2D eigenvalue weighted by atomic mass is 10.2. The van der Waals surface area contributed by atoms with Gasteiger partial charge in [0.05, 0.1) is 36.6 Å². The molecule has 8 nitrogen and oxygen atoms in total. The largest absolute Gasteiger partial charge is 0.459 e. The highest BCUT2D eigenvalue weighted by Crippen LogP contribution is 2.21. The molecule has 1 aliphatic rings. The van der Waals surface area contributed by atoms with Crippen LogP contribution >= 0.6 is 0 Å². The molecule has 1 N–H and O–H groups in total. The highest BCUT2D eigenvalue weighted by molar-refractivity contribution is 5.91.